The third kappa shape index (κ3) is 2.59. The zero-order valence-electron chi connectivity index (χ0n) is 10.3. The van der Waals surface area contributed by atoms with Gasteiger partial charge in [0, 0.05) is 11.8 Å². The van der Waals surface area contributed by atoms with E-state index in [0.29, 0.717) is 11.3 Å². The quantitative estimate of drug-likeness (QED) is 0.693. The van der Waals surface area contributed by atoms with Crippen molar-refractivity contribution in [2.75, 3.05) is 0 Å². The Morgan fingerprint density at radius 1 is 1.05 bits per heavy atom. The van der Waals surface area contributed by atoms with E-state index >= 15 is 0 Å². The first kappa shape index (κ1) is 13.5. The molecule has 19 heavy (non-hydrogen) atoms. The van der Waals surface area contributed by atoms with Gasteiger partial charge in [-0.15, -0.1) is 0 Å². The molecule has 0 amide bonds. The number of alkyl halides is 3. The summed E-state index contributed by atoms with van der Waals surface area (Å²) in [5, 5.41) is 0. The minimum atomic E-state index is -4.69. The second kappa shape index (κ2) is 4.64. The van der Waals surface area contributed by atoms with E-state index < -0.39 is 17.6 Å². The van der Waals surface area contributed by atoms with Crippen LogP contribution in [0.15, 0.2) is 30.5 Å². The smallest absolute Gasteiger partial charge is 0.256 e. The van der Waals surface area contributed by atoms with Crippen molar-refractivity contribution in [2.24, 2.45) is 0 Å². The topological polar surface area (TPSA) is 12.9 Å². The molecule has 0 atom stereocenters. The number of pyridine rings is 1. The molecule has 0 N–H and O–H groups in total. The molecule has 0 spiro atoms. The van der Waals surface area contributed by atoms with E-state index in [1.807, 2.05) is 6.92 Å². The molecule has 0 radical (unpaired) electrons. The van der Waals surface area contributed by atoms with Crippen molar-refractivity contribution in [3.8, 4) is 11.3 Å². The average molecular weight is 269 g/mol. The molecule has 0 bridgehead atoms. The average Bonchev–Trinajstić information content (AvgIpc) is 2.31. The molecule has 1 nitrogen and oxygen atoms in total. The molecule has 1 aromatic carbocycles. The molecule has 0 saturated carbocycles. The van der Waals surface area contributed by atoms with Crippen LogP contribution < -0.4 is 0 Å². The maximum atomic E-state index is 13.8. The Morgan fingerprint density at radius 2 is 1.74 bits per heavy atom. The molecule has 2 rings (SSSR count). The maximum absolute atomic E-state index is 13.8. The number of aromatic nitrogens is 1. The summed E-state index contributed by atoms with van der Waals surface area (Å²) >= 11 is 0. The first-order valence-electron chi connectivity index (χ1n) is 5.60. The van der Waals surface area contributed by atoms with Crippen LogP contribution in [0, 0.1) is 19.7 Å². The van der Waals surface area contributed by atoms with Gasteiger partial charge in [0.25, 0.3) is 0 Å². The molecule has 100 valence electrons. The molecule has 0 unspecified atom stereocenters. The van der Waals surface area contributed by atoms with E-state index in [0.717, 1.165) is 11.6 Å². The molecule has 1 heterocycles. The number of hydrogen-bond donors (Lipinski definition) is 0. The predicted molar refractivity (Wildman–Crippen MR) is 64.1 cm³/mol. The van der Waals surface area contributed by atoms with Crippen molar-refractivity contribution in [1.82, 2.24) is 4.98 Å². The molecule has 2 aromatic rings. The molecule has 0 fully saturated rings. The summed E-state index contributed by atoms with van der Waals surface area (Å²) in [6.45, 7) is 3.16. The van der Waals surface area contributed by atoms with Crippen molar-refractivity contribution in [3.63, 3.8) is 0 Å². The molecule has 0 saturated heterocycles. The second-order valence-corrected chi connectivity index (χ2v) is 4.32. The van der Waals surface area contributed by atoms with E-state index in [-0.39, 0.29) is 5.56 Å². The standard InChI is InChI=1S/C14H11F4N/c1-8-5-6-19-12(7-8)10-3-4-11(14(16,17)18)13(15)9(10)2/h3-7H,1-2H3. The first-order valence-corrected chi connectivity index (χ1v) is 5.60. The Balaban J connectivity index is 2.60. The molecule has 0 aliphatic carbocycles. The van der Waals surface area contributed by atoms with Crippen LogP contribution in [0.25, 0.3) is 11.3 Å². The number of aryl methyl sites for hydroxylation is 1. The monoisotopic (exact) mass is 269 g/mol. The predicted octanol–water partition coefficient (Wildman–Crippen LogP) is 4.52. The number of hydrogen-bond acceptors (Lipinski definition) is 1. The van der Waals surface area contributed by atoms with Crippen LogP contribution in [0.1, 0.15) is 16.7 Å². The van der Waals surface area contributed by atoms with E-state index in [4.69, 9.17) is 0 Å². The lowest BCUT2D eigenvalue weighted by atomic mass is 10.00. The fourth-order valence-electron chi connectivity index (χ4n) is 1.86. The van der Waals surface area contributed by atoms with E-state index in [1.165, 1.54) is 13.0 Å². The highest BCUT2D eigenvalue weighted by Gasteiger charge is 2.35. The number of benzene rings is 1. The lowest BCUT2D eigenvalue weighted by molar-refractivity contribution is -0.140. The van der Waals surface area contributed by atoms with Crippen LogP contribution in [0.5, 0.6) is 0 Å². The second-order valence-electron chi connectivity index (χ2n) is 4.32. The summed E-state index contributed by atoms with van der Waals surface area (Å²) < 4.78 is 51.5. The molecular weight excluding hydrogens is 258 g/mol. The van der Waals surface area contributed by atoms with Crippen molar-refractivity contribution in [2.45, 2.75) is 20.0 Å². The largest absolute Gasteiger partial charge is 0.419 e. The van der Waals surface area contributed by atoms with Gasteiger partial charge in [0.15, 0.2) is 0 Å². The first-order chi connectivity index (χ1) is 8.80. The summed E-state index contributed by atoms with van der Waals surface area (Å²) in [5.41, 5.74) is 0.443. The molecule has 0 aliphatic rings. The third-order valence-corrected chi connectivity index (χ3v) is 2.88. The normalized spacial score (nSPS) is 11.7. The van der Waals surface area contributed by atoms with Crippen LogP contribution in [0.4, 0.5) is 17.6 Å². The Hall–Kier alpha value is -1.91. The van der Waals surface area contributed by atoms with E-state index in [9.17, 15) is 17.6 Å². The van der Waals surface area contributed by atoms with Gasteiger partial charge in [0.1, 0.15) is 5.82 Å². The van der Waals surface area contributed by atoms with Gasteiger partial charge in [0.2, 0.25) is 0 Å². The van der Waals surface area contributed by atoms with Gasteiger partial charge in [-0.1, -0.05) is 6.07 Å². The van der Waals surface area contributed by atoms with Gasteiger partial charge >= 0.3 is 6.18 Å². The minimum Gasteiger partial charge on any atom is -0.256 e. The third-order valence-electron chi connectivity index (χ3n) is 2.88. The Bertz CT molecular complexity index is 617. The van der Waals surface area contributed by atoms with Crippen LogP contribution in [0.3, 0.4) is 0 Å². The fraction of sp³-hybridized carbons (Fsp3) is 0.214. The maximum Gasteiger partial charge on any atom is 0.419 e. The zero-order valence-corrected chi connectivity index (χ0v) is 10.3. The summed E-state index contributed by atoms with van der Waals surface area (Å²) in [5.74, 6) is -1.24. The Labute approximate surface area is 107 Å². The molecular formula is C14H11F4N. The summed E-state index contributed by atoms with van der Waals surface area (Å²) in [6, 6.07) is 5.47. The highest BCUT2D eigenvalue weighted by atomic mass is 19.4. The van der Waals surface area contributed by atoms with Crippen LogP contribution in [0.2, 0.25) is 0 Å². The number of rotatable bonds is 1. The van der Waals surface area contributed by atoms with Crippen molar-refractivity contribution < 1.29 is 17.6 Å². The summed E-state index contributed by atoms with van der Waals surface area (Å²) in [7, 11) is 0. The Kier molecular flexibility index (Phi) is 3.30. The van der Waals surface area contributed by atoms with Crippen molar-refractivity contribution >= 4 is 0 Å². The summed E-state index contributed by atoms with van der Waals surface area (Å²) in [6.07, 6.45) is -3.15. The van der Waals surface area contributed by atoms with Crippen molar-refractivity contribution in [1.29, 1.82) is 0 Å². The van der Waals surface area contributed by atoms with Gasteiger partial charge in [0.05, 0.1) is 11.3 Å². The SMILES string of the molecule is Cc1ccnc(-c2ccc(C(F)(F)F)c(F)c2C)c1. The van der Waals surface area contributed by atoms with E-state index in [2.05, 4.69) is 4.98 Å². The van der Waals surface area contributed by atoms with Crippen molar-refractivity contribution in [3.05, 3.63) is 53.0 Å². The lowest BCUT2D eigenvalue weighted by Crippen LogP contribution is -2.09. The van der Waals surface area contributed by atoms with Crippen LogP contribution in [-0.4, -0.2) is 4.98 Å². The van der Waals surface area contributed by atoms with Crippen LogP contribution in [-0.2, 0) is 6.18 Å². The summed E-state index contributed by atoms with van der Waals surface area (Å²) in [4.78, 5) is 4.06. The number of nitrogens with zero attached hydrogens (tertiary/aromatic N) is 1. The van der Waals surface area contributed by atoms with Gasteiger partial charge in [-0.25, -0.2) is 4.39 Å². The fourth-order valence-corrected chi connectivity index (χ4v) is 1.86. The van der Waals surface area contributed by atoms with Gasteiger partial charge < -0.3 is 0 Å². The van der Waals surface area contributed by atoms with E-state index in [1.54, 1.807) is 18.3 Å². The molecule has 1 aromatic heterocycles. The highest BCUT2D eigenvalue weighted by molar-refractivity contribution is 5.65. The van der Waals surface area contributed by atoms with Gasteiger partial charge in [-0.2, -0.15) is 13.2 Å². The molecule has 5 heteroatoms. The van der Waals surface area contributed by atoms with Gasteiger partial charge in [-0.3, -0.25) is 4.98 Å². The van der Waals surface area contributed by atoms with Gasteiger partial charge in [-0.05, 0) is 43.2 Å². The highest BCUT2D eigenvalue weighted by Crippen LogP contribution is 2.35. The van der Waals surface area contributed by atoms with Crippen LogP contribution >= 0.6 is 0 Å². The number of halogens is 4. The lowest BCUT2D eigenvalue weighted by Gasteiger charge is -2.13. The zero-order chi connectivity index (χ0) is 14.2. The minimum absolute atomic E-state index is 0.0482. The molecule has 0 aliphatic heterocycles. The Morgan fingerprint density at radius 3 is 2.32 bits per heavy atom.